The molecule has 29 heavy (non-hydrogen) atoms. The molecule has 1 aromatic carbocycles. The van der Waals surface area contributed by atoms with E-state index < -0.39 is 0 Å². The van der Waals surface area contributed by atoms with Crippen molar-refractivity contribution in [1.82, 2.24) is 15.3 Å². The van der Waals surface area contributed by atoms with E-state index in [0.717, 1.165) is 43.3 Å². The molecule has 0 bridgehead atoms. The quantitative estimate of drug-likeness (QED) is 0.484. The summed E-state index contributed by atoms with van der Waals surface area (Å²) in [5.74, 6) is 1.28. The van der Waals surface area contributed by atoms with Gasteiger partial charge in [0, 0.05) is 36.1 Å². The van der Waals surface area contributed by atoms with Crippen LogP contribution in [0.2, 0.25) is 10.2 Å². The topological polar surface area (TPSA) is 53.1 Å². The predicted molar refractivity (Wildman–Crippen MR) is 124 cm³/mol. The van der Waals surface area contributed by atoms with E-state index in [9.17, 15) is 0 Å². The van der Waals surface area contributed by atoms with E-state index in [1.165, 1.54) is 31.2 Å². The van der Waals surface area contributed by atoms with E-state index in [2.05, 4.69) is 37.6 Å². The number of thiocarbonyl (C=S) groups is 1. The number of nitrogens with zero attached hydrogens (tertiary/aromatic N) is 3. The second kappa shape index (κ2) is 9.02. The van der Waals surface area contributed by atoms with Gasteiger partial charge in [0.05, 0.1) is 0 Å². The molecule has 0 spiro atoms. The molecule has 1 saturated heterocycles. The van der Waals surface area contributed by atoms with E-state index in [1.54, 1.807) is 6.07 Å². The summed E-state index contributed by atoms with van der Waals surface area (Å²) >= 11 is 18.0. The molecule has 2 aliphatic rings. The first-order valence-electron chi connectivity index (χ1n) is 10.1. The van der Waals surface area contributed by atoms with Gasteiger partial charge in [-0.25, -0.2) is 4.98 Å². The molecule has 2 fully saturated rings. The fourth-order valence-electron chi connectivity index (χ4n) is 4.40. The lowest BCUT2D eigenvalue weighted by atomic mass is 9.79. The minimum atomic E-state index is 0.0482. The first kappa shape index (κ1) is 20.6. The Morgan fingerprint density at radius 3 is 2.55 bits per heavy atom. The number of anilines is 2. The average Bonchev–Trinajstić information content (AvgIpc) is 3.39. The van der Waals surface area contributed by atoms with Gasteiger partial charge in [0.25, 0.3) is 0 Å². The number of nitrogens with one attached hydrogen (secondary N) is 2. The van der Waals surface area contributed by atoms with Crippen LogP contribution in [0.5, 0.6) is 0 Å². The van der Waals surface area contributed by atoms with Crippen molar-refractivity contribution >= 4 is 52.3 Å². The van der Waals surface area contributed by atoms with Gasteiger partial charge in [-0.1, -0.05) is 48.2 Å². The first-order valence-corrected chi connectivity index (χ1v) is 11.3. The molecule has 2 aromatic rings. The van der Waals surface area contributed by atoms with E-state index in [4.69, 9.17) is 35.4 Å². The fraction of sp³-hybridized carbons (Fsp3) is 0.476. The molecule has 4 rings (SSSR count). The largest absolute Gasteiger partial charge is 0.361 e. The molecule has 1 aromatic heterocycles. The molecule has 1 aliphatic carbocycles. The number of hydrogen-bond donors (Lipinski definition) is 2. The lowest BCUT2D eigenvalue weighted by Crippen LogP contribution is -2.41. The van der Waals surface area contributed by atoms with Crippen LogP contribution < -0.4 is 15.5 Å². The number of aromatic nitrogens is 2. The molecule has 5 nitrogen and oxygen atoms in total. The van der Waals surface area contributed by atoms with Crippen LogP contribution in [0.1, 0.15) is 44.1 Å². The molecule has 1 saturated carbocycles. The number of rotatable bonds is 5. The lowest BCUT2D eigenvalue weighted by molar-refractivity contribution is 0.435. The van der Waals surface area contributed by atoms with Crippen molar-refractivity contribution < 1.29 is 0 Å². The summed E-state index contributed by atoms with van der Waals surface area (Å²) in [4.78, 5) is 11.1. The molecule has 0 atom stereocenters. The standard InChI is InChI=1S/C21H25Cl2N5S/c22-16-7-5-6-15(12-16)21(8-1-2-9-21)14-24-20(29)27-19-25-17(23)13-18(26-19)28-10-3-4-11-28/h5-7,12-13H,1-4,8-11,14H2,(H2,24,25,26,27,29). The van der Waals surface area contributed by atoms with E-state index in [0.29, 0.717) is 16.2 Å². The second-order valence-corrected chi connectivity index (χ2v) is 9.10. The monoisotopic (exact) mass is 449 g/mol. The highest BCUT2D eigenvalue weighted by Gasteiger charge is 2.35. The highest BCUT2D eigenvalue weighted by Crippen LogP contribution is 2.41. The third kappa shape index (κ3) is 4.93. The van der Waals surface area contributed by atoms with Crippen molar-refractivity contribution in [2.45, 2.75) is 43.9 Å². The lowest BCUT2D eigenvalue weighted by Gasteiger charge is -2.30. The maximum absolute atomic E-state index is 6.25. The van der Waals surface area contributed by atoms with Gasteiger partial charge in [0.2, 0.25) is 5.95 Å². The molecule has 1 aliphatic heterocycles. The van der Waals surface area contributed by atoms with Crippen molar-refractivity contribution in [3.8, 4) is 0 Å². The Labute approximate surface area is 187 Å². The zero-order valence-electron chi connectivity index (χ0n) is 16.3. The molecular formula is C21H25Cl2N5S. The molecule has 0 radical (unpaired) electrons. The predicted octanol–water partition coefficient (Wildman–Crippen LogP) is 5.18. The maximum Gasteiger partial charge on any atom is 0.232 e. The van der Waals surface area contributed by atoms with Crippen LogP contribution in [0.25, 0.3) is 0 Å². The summed E-state index contributed by atoms with van der Waals surface area (Å²) in [5.41, 5.74) is 1.32. The Morgan fingerprint density at radius 2 is 1.83 bits per heavy atom. The average molecular weight is 450 g/mol. The van der Waals surface area contributed by atoms with Crippen molar-refractivity contribution in [3.05, 3.63) is 46.1 Å². The summed E-state index contributed by atoms with van der Waals surface area (Å²) in [6, 6.07) is 9.99. The SMILES string of the molecule is S=C(NCC1(c2cccc(Cl)c2)CCCC1)Nc1nc(Cl)cc(N2CCCC2)n1. The highest BCUT2D eigenvalue weighted by atomic mass is 35.5. The van der Waals surface area contributed by atoms with E-state index >= 15 is 0 Å². The van der Waals surface area contributed by atoms with Gasteiger partial charge in [0.1, 0.15) is 11.0 Å². The minimum absolute atomic E-state index is 0.0482. The summed E-state index contributed by atoms with van der Waals surface area (Å²) in [6.07, 6.45) is 7.02. The zero-order valence-corrected chi connectivity index (χ0v) is 18.6. The van der Waals surface area contributed by atoms with E-state index in [1.807, 2.05) is 12.1 Å². The van der Waals surface area contributed by atoms with Crippen LogP contribution in [-0.2, 0) is 5.41 Å². The summed E-state index contributed by atoms with van der Waals surface area (Å²) in [7, 11) is 0. The van der Waals surface area contributed by atoms with Crippen molar-refractivity contribution in [1.29, 1.82) is 0 Å². The Balaban J connectivity index is 1.43. The molecular weight excluding hydrogens is 425 g/mol. The van der Waals surface area contributed by atoms with Crippen LogP contribution >= 0.6 is 35.4 Å². The smallest absolute Gasteiger partial charge is 0.232 e. The summed E-state index contributed by atoms with van der Waals surface area (Å²) in [6.45, 7) is 2.74. The van der Waals surface area contributed by atoms with Gasteiger partial charge in [-0.3, -0.25) is 0 Å². The third-order valence-corrected chi connectivity index (χ3v) is 6.60. The Bertz CT molecular complexity index is 879. The Hall–Kier alpha value is -1.63. The normalized spacial score (nSPS) is 18.1. The molecule has 0 amide bonds. The zero-order chi connectivity index (χ0) is 20.3. The van der Waals surface area contributed by atoms with Crippen molar-refractivity contribution in [2.24, 2.45) is 0 Å². The van der Waals surface area contributed by atoms with Gasteiger partial charge in [-0.15, -0.1) is 0 Å². The highest BCUT2D eigenvalue weighted by molar-refractivity contribution is 7.80. The van der Waals surface area contributed by atoms with Gasteiger partial charge >= 0.3 is 0 Å². The third-order valence-electron chi connectivity index (χ3n) is 5.92. The van der Waals surface area contributed by atoms with Crippen LogP contribution in [0.4, 0.5) is 11.8 Å². The van der Waals surface area contributed by atoms with Crippen LogP contribution in [0, 0.1) is 0 Å². The number of benzene rings is 1. The molecule has 8 heteroatoms. The fourth-order valence-corrected chi connectivity index (χ4v) is 4.93. The summed E-state index contributed by atoms with van der Waals surface area (Å²) < 4.78 is 0. The molecule has 2 N–H and O–H groups in total. The van der Waals surface area contributed by atoms with Gasteiger partial charge in [0.15, 0.2) is 5.11 Å². The van der Waals surface area contributed by atoms with Crippen molar-refractivity contribution in [3.63, 3.8) is 0 Å². The number of hydrogen-bond acceptors (Lipinski definition) is 4. The van der Waals surface area contributed by atoms with Gasteiger partial charge in [-0.2, -0.15) is 4.98 Å². The van der Waals surface area contributed by atoms with Crippen LogP contribution in [-0.4, -0.2) is 34.7 Å². The molecule has 0 unspecified atom stereocenters. The van der Waals surface area contributed by atoms with Gasteiger partial charge < -0.3 is 15.5 Å². The Morgan fingerprint density at radius 1 is 1.07 bits per heavy atom. The maximum atomic E-state index is 6.25. The Kier molecular flexibility index (Phi) is 6.42. The van der Waals surface area contributed by atoms with Crippen molar-refractivity contribution in [2.75, 3.05) is 29.9 Å². The minimum Gasteiger partial charge on any atom is -0.361 e. The summed E-state index contributed by atoms with van der Waals surface area (Å²) in [5, 5.41) is 8.19. The van der Waals surface area contributed by atoms with Gasteiger partial charge in [-0.05, 0) is 55.6 Å². The molecule has 154 valence electrons. The van der Waals surface area contributed by atoms with Crippen LogP contribution in [0.15, 0.2) is 30.3 Å². The first-order chi connectivity index (χ1) is 14.0. The van der Waals surface area contributed by atoms with Crippen LogP contribution in [0.3, 0.4) is 0 Å². The number of halogens is 2. The molecule has 2 heterocycles. The second-order valence-electron chi connectivity index (χ2n) is 7.87. The van der Waals surface area contributed by atoms with E-state index in [-0.39, 0.29) is 5.41 Å².